The van der Waals surface area contributed by atoms with Crippen molar-refractivity contribution in [3.63, 3.8) is 0 Å². The zero-order valence-corrected chi connectivity index (χ0v) is 23.1. The molecule has 0 saturated heterocycles. The minimum Gasteiger partial charge on any atom is -0.462 e. The van der Waals surface area contributed by atoms with Crippen molar-refractivity contribution in [2.75, 3.05) is 0 Å². The first-order valence-electron chi connectivity index (χ1n) is 14.4. The van der Waals surface area contributed by atoms with Crippen molar-refractivity contribution in [3.05, 3.63) is 23.8 Å². The monoisotopic (exact) mass is 466 g/mol. The van der Waals surface area contributed by atoms with Crippen LogP contribution in [0.2, 0.25) is 0 Å². The number of hydrogen-bond acceptors (Lipinski definition) is 2. The standard InChI is InChI=1S/C32H50O2/c1-20(2)23-11-9-10-22-14-18-31(7)24(28(22)23)12-13-26-30(6)17-16-27(34-21(3)33)29(4,5)25(30)15-19-32(26,31)8/h14,23-28H,1,9-13,15-19H2,2-8H3/t23-,24+,25-,26+,27-,28+,30-,31+,32+/m0/s1. The van der Waals surface area contributed by atoms with Gasteiger partial charge in [0.25, 0.3) is 0 Å². The Hall–Kier alpha value is -1.05. The molecule has 0 unspecified atom stereocenters. The summed E-state index contributed by atoms with van der Waals surface area (Å²) in [4.78, 5) is 11.9. The van der Waals surface area contributed by atoms with Crippen molar-refractivity contribution in [2.24, 2.45) is 51.2 Å². The van der Waals surface area contributed by atoms with Crippen molar-refractivity contribution < 1.29 is 9.53 Å². The van der Waals surface area contributed by atoms with E-state index >= 15 is 0 Å². The molecule has 0 spiro atoms. The quantitative estimate of drug-likeness (QED) is 0.301. The number of fused-ring (bicyclic) bond motifs is 7. The van der Waals surface area contributed by atoms with Crippen LogP contribution in [0.3, 0.4) is 0 Å². The first kappa shape index (κ1) is 24.6. The topological polar surface area (TPSA) is 26.3 Å². The molecule has 4 saturated carbocycles. The minimum atomic E-state index is -0.111. The largest absolute Gasteiger partial charge is 0.462 e. The smallest absolute Gasteiger partial charge is 0.302 e. The second-order valence-corrected chi connectivity index (χ2v) is 14.5. The zero-order valence-electron chi connectivity index (χ0n) is 23.1. The minimum absolute atomic E-state index is 0.0474. The third kappa shape index (κ3) is 3.21. The van der Waals surface area contributed by atoms with E-state index in [0.29, 0.717) is 28.1 Å². The summed E-state index contributed by atoms with van der Waals surface area (Å²) in [5.74, 6) is 3.52. The lowest BCUT2D eigenvalue weighted by Gasteiger charge is -2.72. The maximum absolute atomic E-state index is 11.9. The Morgan fingerprint density at radius 1 is 0.941 bits per heavy atom. The molecule has 190 valence electrons. The number of carbonyl (C=O) groups excluding carboxylic acids is 1. The molecule has 34 heavy (non-hydrogen) atoms. The molecule has 0 N–H and O–H groups in total. The van der Waals surface area contributed by atoms with Gasteiger partial charge in [0, 0.05) is 12.3 Å². The third-order valence-electron chi connectivity index (χ3n) is 12.9. The van der Waals surface area contributed by atoms with Crippen molar-refractivity contribution >= 4 is 5.97 Å². The van der Waals surface area contributed by atoms with Gasteiger partial charge in [0.15, 0.2) is 0 Å². The van der Waals surface area contributed by atoms with Crippen LogP contribution in [0.25, 0.3) is 0 Å². The molecule has 2 heteroatoms. The highest BCUT2D eigenvalue weighted by Crippen LogP contribution is 2.75. The van der Waals surface area contributed by atoms with Crippen LogP contribution in [-0.4, -0.2) is 12.1 Å². The predicted octanol–water partition coefficient (Wildman–Crippen LogP) is 8.52. The molecular weight excluding hydrogens is 416 g/mol. The van der Waals surface area contributed by atoms with Gasteiger partial charge >= 0.3 is 5.97 Å². The SMILES string of the molecule is C=C(C)[C@@H]1CCCC2=CC[C@]3(C)[C@H](CC[C@@H]4[C@@]5(C)CC[C@H](OC(C)=O)C(C)(C)[C@@H]5CC[C@]43C)[C@H]21. The molecule has 5 aliphatic rings. The van der Waals surface area contributed by atoms with Crippen LogP contribution in [0.1, 0.15) is 113 Å². The molecule has 0 amide bonds. The van der Waals surface area contributed by atoms with Crippen LogP contribution in [0.15, 0.2) is 23.8 Å². The Balaban J connectivity index is 1.50. The summed E-state index contributed by atoms with van der Waals surface area (Å²) in [5.41, 5.74) is 4.35. The van der Waals surface area contributed by atoms with Crippen molar-refractivity contribution in [2.45, 2.75) is 119 Å². The lowest BCUT2D eigenvalue weighted by molar-refractivity contribution is -0.235. The van der Waals surface area contributed by atoms with Gasteiger partial charge in [-0.2, -0.15) is 0 Å². The van der Waals surface area contributed by atoms with E-state index in [2.05, 4.69) is 54.2 Å². The molecule has 0 heterocycles. The summed E-state index contributed by atoms with van der Waals surface area (Å²) in [6.07, 6.45) is 15.7. The molecule has 4 fully saturated rings. The average Bonchev–Trinajstić information content (AvgIpc) is 2.75. The highest BCUT2D eigenvalue weighted by atomic mass is 16.5. The first-order chi connectivity index (χ1) is 15.9. The summed E-state index contributed by atoms with van der Waals surface area (Å²) >= 11 is 0. The lowest BCUT2D eigenvalue weighted by Crippen LogP contribution is -2.65. The Labute approximate surface area is 209 Å². The van der Waals surface area contributed by atoms with Crippen LogP contribution < -0.4 is 0 Å². The van der Waals surface area contributed by atoms with Gasteiger partial charge in [-0.3, -0.25) is 4.79 Å². The molecule has 0 aromatic carbocycles. The molecule has 5 aliphatic carbocycles. The number of ether oxygens (including phenoxy) is 1. The Bertz CT molecular complexity index is 897. The fourth-order valence-electron chi connectivity index (χ4n) is 11.1. The molecule has 5 rings (SSSR count). The maximum Gasteiger partial charge on any atom is 0.302 e. The predicted molar refractivity (Wildman–Crippen MR) is 140 cm³/mol. The molecule has 0 aliphatic heterocycles. The lowest BCUT2D eigenvalue weighted by atomic mass is 9.33. The Morgan fingerprint density at radius 3 is 2.35 bits per heavy atom. The summed E-state index contributed by atoms with van der Waals surface area (Å²) in [7, 11) is 0. The van der Waals surface area contributed by atoms with E-state index in [1.54, 1.807) is 12.5 Å². The second-order valence-electron chi connectivity index (χ2n) is 14.5. The van der Waals surface area contributed by atoms with Crippen LogP contribution in [0, 0.1) is 51.2 Å². The normalized spacial score (nSPS) is 49.4. The van der Waals surface area contributed by atoms with Crippen LogP contribution in [0.5, 0.6) is 0 Å². The van der Waals surface area contributed by atoms with Crippen molar-refractivity contribution in [1.82, 2.24) is 0 Å². The summed E-state index contributed by atoms with van der Waals surface area (Å²) in [5, 5.41) is 0. The zero-order chi connectivity index (χ0) is 24.7. The van der Waals surface area contributed by atoms with E-state index in [9.17, 15) is 4.79 Å². The molecule has 0 aromatic rings. The van der Waals surface area contributed by atoms with Gasteiger partial charge in [0.2, 0.25) is 0 Å². The molecule has 0 bridgehead atoms. The molecular formula is C32H50O2. The number of allylic oxidation sites excluding steroid dienone is 3. The maximum atomic E-state index is 11.9. The van der Waals surface area contributed by atoms with E-state index in [0.717, 1.165) is 24.2 Å². The van der Waals surface area contributed by atoms with Crippen LogP contribution in [0.4, 0.5) is 0 Å². The number of esters is 1. The van der Waals surface area contributed by atoms with Crippen molar-refractivity contribution in [1.29, 1.82) is 0 Å². The highest BCUT2D eigenvalue weighted by molar-refractivity contribution is 5.66. The van der Waals surface area contributed by atoms with E-state index < -0.39 is 0 Å². The number of hydrogen-bond donors (Lipinski definition) is 0. The van der Waals surface area contributed by atoms with Crippen LogP contribution in [-0.2, 0) is 9.53 Å². The third-order valence-corrected chi connectivity index (χ3v) is 12.9. The Kier molecular flexibility index (Phi) is 5.78. The summed E-state index contributed by atoms with van der Waals surface area (Å²) in [6.45, 7) is 21.2. The summed E-state index contributed by atoms with van der Waals surface area (Å²) < 4.78 is 5.91. The molecule has 0 aromatic heterocycles. The first-order valence-corrected chi connectivity index (χ1v) is 14.4. The van der Waals surface area contributed by atoms with E-state index in [1.165, 1.54) is 63.4 Å². The van der Waals surface area contributed by atoms with Crippen molar-refractivity contribution in [3.8, 4) is 0 Å². The number of carbonyl (C=O) groups is 1. The summed E-state index contributed by atoms with van der Waals surface area (Å²) in [6, 6.07) is 0. The van der Waals surface area contributed by atoms with Gasteiger partial charge in [0.05, 0.1) is 0 Å². The van der Waals surface area contributed by atoms with Gasteiger partial charge in [-0.05, 0) is 117 Å². The fraction of sp³-hybridized carbons (Fsp3) is 0.844. The number of rotatable bonds is 2. The van der Waals surface area contributed by atoms with Gasteiger partial charge in [-0.1, -0.05) is 58.4 Å². The highest BCUT2D eigenvalue weighted by Gasteiger charge is 2.68. The van der Waals surface area contributed by atoms with Gasteiger partial charge < -0.3 is 4.74 Å². The molecule has 0 radical (unpaired) electrons. The second kappa shape index (κ2) is 7.97. The Morgan fingerprint density at radius 2 is 1.68 bits per heavy atom. The molecule has 9 atom stereocenters. The van der Waals surface area contributed by atoms with Crippen LogP contribution >= 0.6 is 0 Å². The van der Waals surface area contributed by atoms with Gasteiger partial charge in [-0.25, -0.2) is 0 Å². The fourth-order valence-corrected chi connectivity index (χ4v) is 11.1. The van der Waals surface area contributed by atoms with Gasteiger partial charge in [-0.15, -0.1) is 0 Å². The molecule has 2 nitrogen and oxygen atoms in total. The average molecular weight is 467 g/mol. The van der Waals surface area contributed by atoms with E-state index in [1.807, 2.05) is 0 Å². The van der Waals surface area contributed by atoms with E-state index in [-0.39, 0.29) is 17.5 Å². The van der Waals surface area contributed by atoms with Gasteiger partial charge in [0.1, 0.15) is 6.10 Å². The van der Waals surface area contributed by atoms with E-state index in [4.69, 9.17) is 4.74 Å².